The highest BCUT2D eigenvalue weighted by atomic mass is 32.2. The van der Waals surface area contributed by atoms with E-state index in [0.717, 1.165) is 18.7 Å². The van der Waals surface area contributed by atoms with Crippen LogP contribution in [-0.2, 0) is 0 Å². The Kier molecular flexibility index (Phi) is 5.21. The first kappa shape index (κ1) is 16.6. The second kappa shape index (κ2) is 7.54. The van der Waals surface area contributed by atoms with E-state index in [4.69, 9.17) is 0 Å². The molecule has 1 aliphatic rings. The zero-order chi connectivity index (χ0) is 16.9. The van der Waals surface area contributed by atoms with Crippen molar-refractivity contribution in [1.29, 1.82) is 5.26 Å². The van der Waals surface area contributed by atoms with E-state index in [2.05, 4.69) is 27.0 Å². The van der Waals surface area contributed by atoms with Crippen molar-refractivity contribution in [3.63, 3.8) is 0 Å². The molecule has 2 heterocycles. The van der Waals surface area contributed by atoms with Crippen molar-refractivity contribution >= 4 is 17.4 Å². The van der Waals surface area contributed by atoms with Crippen molar-refractivity contribution in [3.05, 3.63) is 40.2 Å². The number of nitrogens with zero attached hydrogens (tertiary/aromatic N) is 3. The van der Waals surface area contributed by atoms with Crippen molar-refractivity contribution in [2.45, 2.75) is 30.8 Å². The number of hydrogen-bond donors (Lipinski definition) is 1. The lowest BCUT2D eigenvalue weighted by molar-refractivity contribution is 0.726. The first-order chi connectivity index (χ1) is 11.7. The van der Waals surface area contributed by atoms with Crippen LogP contribution in [0.25, 0.3) is 11.3 Å². The van der Waals surface area contributed by atoms with Gasteiger partial charge in [0.25, 0.3) is 5.56 Å². The van der Waals surface area contributed by atoms with Crippen LogP contribution in [0.3, 0.4) is 0 Å². The van der Waals surface area contributed by atoms with Gasteiger partial charge < -0.3 is 9.88 Å². The molecule has 2 aromatic rings. The predicted molar refractivity (Wildman–Crippen MR) is 97.5 cm³/mol. The van der Waals surface area contributed by atoms with E-state index in [1.807, 2.05) is 24.5 Å². The number of anilines is 1. The van der Waals surface area contributed by atoms with Crippen LogP contribution < -0.4 is 10.5 Å². The van der Waals surface area contributed by atoms with E-state index in [1.54, 1.807) is 0 Å². The number of benzene rings is 1. The molecule has 1 N–H and O–H groups in total. The Morgan fingerprint density at radius 2 is 1.83 bits per heavy atom. The topological polar surface area (TPSA) is 72.8 Å². The molecule has 3 rings (SSSR count). The minimum absolute atomic E-state index is 0.0651. The lowest BCUT2D eigenvalue weighted by Gasteiger charge is -2.22. The zero-order valence-corrected chi connectivity index (χ0v) is 14.5. The summed E-state index contributed by atoms with van der Waals surface area (Å²) in [7, 11) is 0. The number of thioether (sulfide) groups is 1. The SMILES string of the molecule is CSc1nc(-c2ccc(N3CCCCCC3)cc2)c(C#N)c(=O)[nH]1. The summed E-state index contributed by atoms with van der Waals surface area (Å²) in [6.45, 7) is 2.17. The molecule has 0 amide bonds. The average Bonchev–Trinajstić information content (AvgIpc) is 2.90. The summed E-state index contributed by atoms with van der Waals surface area (Å²) >= 11 is 1.35. The minimum Gasteiger partial charge on any atom is -0.372 e. The third-order valence-electron chi connectivity index (χ3n) is 4.31. The summed E-state index contributed by atoms with van der Waals surface area (Å²) in [6, 6.07) is 9.99. The Morgan fingerprint density at radius 3 is 2.42 bits per heavy atom. The van der Waals surface area contributed by atoms with Gasteiger partial charge in [-0.15, -0.1) is 0 Å². The fourth-order valence-electron chi connectivity index (χ4n) is 3.02. The molecule has 0 bridgehead atoms. The van der Waals surface area contributed by atoms with E-state index in [9.17, 15) is 10.1 Å². The van der Waals surface area contributed by atoms with E-state index in [-0.39, 0.29) is 11.1 Å². The fourth-order valence-corrected chi connectivity index (χ4v) is 3.40. The fraction of sp³-hybridized carbons (Fsp3) is 0.389. The summed E-state index contributed by atoms with van der Waals surface area (Å²) in [5.74, 6) is 0. The van der Waals surface area contributed by atoms with Crippen LogP contribution in [0.4, 0.5) is 5.69 Å². The molecule has 6 heteroatoms. The zero-order valence-electron chi connectivity index (χ0n) is 13.7. The molecule has 0 saturated carbocycles. The number of aromatic amines is 1. The highest BCUT2D eigenvalue weighted by Crippen LogP contribution is 2.25. The smallest absolute Gasteiger partial charge is 0.270 e. The Bertz CT molecular complexity index is 799. The number of H-pyrrole nitrogens is 1. The minimum atomic E-state index is -0.386. The molecule has 0 spiro atoms. The highest BCUT2D eigenvalue weighted by molar-refractivity contribution is 7.98. The molecule has 124 valence electrons. The normalized spacial score (nSPS) is 14.9. The first-order valence-corrected chi connectivity index (χ1v) is 9.39. The molecular formula is C18H20N4OS. The van der Waals surface area contributed by atoms with Gasteiger partial charge in [-0.3, -0.25) is 4.79 Å². The summed E-state index contributed by atoms with van der Waals surface area (Å²) in [5, 5.41) is 9.81. The number of rotatable bonds is 3. The maximum Gasteiger partial charge on any atom is 0.270 e. The van der Waals surface area contributed by atoms with Gasteiger partial charge in [-0.2, -0.15) is 5.26 Å². The number of nitrogens with one attached hydrogen (secondary N) is 1. The van der Waals surface area contributed by atoms with Crippen molar-refractivity contribution in [2.24, 2.45) is 0 Å². The Morgan fingerprint density at radius 1 is 1.17 bits per heavy atom. The molecule has 1 fully saturated rings. The van der Waals surface area contributed by atoms with Gasteiger partial charge in [0.2, 0.25) is 0 Å². The molecule has 5 nitrogen and oxygen atoms in total. The van der Waals surface area contributed by atoms with Gasteiger partial charge in [-0.25, -0.2) is 4.98 Å². The highest BCUT2D eigenvalue weighted by Gasteiger charge is 2.14. The third kappa shape index (κ3) is 3.46. The van der Waals surface area contributed by atoms with Crippen LogP contribution in [0.15, 0.2) is 34.2 Å². The molecule has 0 radical (unpaired) electrons. The van der Waals surface area contributed by atoms with Gasteiger partial charge in [-0.05, 0) is 31.2 Å². The van der Waals surface area contributed by atoms with Crippen LogP contribution in [0.5, 0.6) is 0 Å². The lowest BCUT2D eigenvalue weighted by atomic mass is 10.1. The second-order valence-corrected chi connectivity index (χ2v) is 6.65. The number of hydrogen-bond acceptors (Lipinski definition) is 5. The molecule has 0 unspecified atom stereocenters. The summed E-state index contributed by atoms with van der Waals surface area (Å²) in [5.41, 5.74) is 2.12. The van der Waals surface area contributed by atoms with Crippen LogP contribution in [-0.4, -0.2) is 29.3 Å². The van der Waals surface area contributed by atoms with Crippen LogP contribution in [0.1, 0.15) is 31.2 Å². The van der Waals surface area contributed by atoms with Gasteiger partial charge in [0.05, 0.1) is 5.69 Å². The van der Waals surface area contributed by atoms with E-state index >= 15 is 0 Å². The molecular weight excluding hydrogens is 320 g/mol. The Hall–Kier alpha value is -2.26. The third-order valence-corrected chi connectivity index (χ3v) is 4.89. The van der Waals surface area contributed by atoms with Gasteiger partial charge in [0.15, 0.2) is 5.16 Å². The van der Waals surface area contributed by atoms with Crippen molar-refractivity contribution < 1.29 is 0 Å². The number of aromatic nitrogens is 2. The molecule has 1 aromatic heterocycles. The van der Waals surface area contributed by atoms with Gasteiger partial charge in [0.1, 0.15) is 11.6 Å². The molecule has 0 aliphatic carbocycles. The largest absolute Gasteiger partial charge is 0.372 e. The van der Waals surface area contributed by atoms with Crippen molar-refractivity contribution in [3.8, 4) is 17.3 Å². The molecule has 0 atom stereocenters. The van der Waals surface area contributed by atoms with Gasteiger partial charge in [0, 0.05) is 24.3 Å². The first-order valence-electron chi connectivity index (χ1n) is 8.16. The lowest BCUT2D eigenvalue weighted by Crippen LogP contribution is -2.23. The van der Waals surface area contributed by atoms with E-state index in [1.165, 1.54) is 43.1 Å². The van der Waals surface area contributed by atoms with Crippen LogP contribution >= 0.6 is 11.8 Å². The van der Waals surface area contributed by atoms with Gasteiger partial charge in [-0.1, -0.05) is 36.7 Å². The quantitative estimate of drug-likeness (QED) is 0.685. The van der Waals surface area contributed by atoms with Gasteiger partial charge >= 0.3 is 0 Å². The van der Waals surface area contributed by atoms with Crippen LogP contribution in [0, 0.1) is 11.3 Å². The Labute approximate surface area is 145 Å². The van der Waals surface area contributed by atoms with Crippen molar-refractivity contribution in [1.82, 2.24) is 9.97 Å². The van der Waals surface area contributed by atoms with E-state index < -0.39 is 0 Å². The summed E-state index contributed by atoms with van der Waals surface area (Å²) in [6.07, 6.45) is 6.90. The predicted octanol–water partition coefficient (Wildman–Crippen LogP) is 3.41. The van der Waals surface area contributed by atoms with Crippen LogP contribution in [0.2, 0.25) is 0 Å². The number of nitriles is 1. The monoisotopic (exact) mass is 340 g/mol. The average molecular weight is 340 g/mol. The Balaban J connectivity index is 1.95. The van der Waals surface area contributed by atoms with Crippen molar-refractivity contribution in [2.75, 3.05) is 24.2 Å². The summed E-state index contributed by atoms with van der Waals surface area (Å²) < 4.78 is 0. The molecule has 1 saturated heterocycles. The van der Waals surface area contributed by atoms with E-state index in [0.29, 0.717) is 10.9 Å². The molecule has 1 aliphatic heterocycles. The standard InChI is InChI=1S/C18H20N4OS/c1-24-18-20-16(15(12-19)17(23)21-18)13-6-8-14(9-7-13)22-10-4-2-3-5-11-22/h6-9H,2-5,10-11H2,1H3,(H,20,21,23). The summed E-state index contributed by atoms with van der Waals surface area (Å²) in [4.78, 5) is 21.5. The maximum absolute atomic E-state index is 12.0. The molecule has 24 heavy (non-hydrogen) atoms. The maximum atomic E-state index is 12.0. The molecule has 1 aromatic carbocycles. The second-order valence-electron chi connectivity index (χ2n) is 5.86.